The van der Waals surface area contributed by atoms with E-state index in [-0.39, 0.29) is 5.41 Å². The van der Waals surface area contributed by atoms with Crippen LogP contribution in [-0.2, 0) is 16.1 Å². The number of amides is 1. The van der Waals surface area contributed by atoms with E-state index in [1.807, 2.05) is 24.3 Å². The van der Waals surface area contributed by atoms with E-state index in [2.05, 4.69) is 5.32 Å². The number of hydrogen-bond acceptors (Lipinski definition) is 4. The van der Waals surface area contributed by atoms with Gasteiger partial charge in [0.2, 0.25) is 0 Å². The minimum absolute atomic E-state index is 0.124. The molecule has 0 spiro atoms. The number of carbonyl (C=O) groups excluding carboxylic acids is 1. The molecule has 0 aromatic heterocycles. The highest BCUT2D eigenvalue weighted by atomic mass is 16.5. The number of carboxylic acids is 1. The highest BCUT2D eigenvalue weighted by Crippen LogP contribution is 2.51. The summed E-state index contributed by atoms with van der Waals surface area (Å²) in [7, 11) is 0. The normalized spacial score (nSPS) is 20.6. The topological polar surface area (TPSA) is 98.7 Å². The molecule has 6 nitrogen and oxygen atoms in total. The van der Waals surface area contributed by atoms with Crippen molar-refractivity contribution >= 4 is 18.0 Å². The standard InChI is InChI=1S/C23H32N2O4/c26-20(25-29)13-12-17-8-10-18(11-9-17)16-24-21(22(27)28)23(14-4-1-5-15-23)19-6-2-3-7-19/h8-13,19,21,24,29H,1-7,14-16H2,(H,25,26)(H,27,28)/t21-/m0/s1. The minimum Gasteiger partial charge on any atom is -0.480 e. The van der Waals surface area contributed by atoms with Crippen LogP contribution in [0.3, 0.4) is 0 Å². The second-order valence-electron chi connectivity index (χ2n) is 8.48. The first-order chi connectivity index (χ1) is 14.0. The molecule has 1 aromatic carbocycles. The van der Waals surface area contributed by atoms with Gasteiger partial charge in [0.05, 0.1) is 0 Å². The largest absolute Gasteiger partial charge is 0.480 e. The van der Waals surface area contributed by atoms with E-state index in [1.165, 1.54) is 25.3 Å². The molecule has 0 bridgehead atoms. The Morgan fingerprint density at radius 3 is 2.31 bits per heavy atom. The number of rotatable bonds is 8. The van der Waals surface area contributed by atoms with Crippen LogP contribution in [0.25, 0.3) is 6.08 Å². The maximum Gasteiger partial charge on any atom is 0.321 e. The Hall–Kier alpha value is -2.18. The number of hydrogen-bond donors (Lipinski definition) is 4. The van der Waals surface area contributed by atoms with Gasteiger partial charge in [-0.1, -0.05) is 56.4 Å². The molecule has 2 fully saturated rings. The molecule has 1 aromatic rings. The summed E-state index contributed by atoms with van der Waals surface area (Å²) in [4.78, 5) is 23.4. The van der Waals surface area contributed by atoms with Gasteiger partial charge in [0.25, 0.3) is 5.91 Å². The molecule has 0 heterocycles. The first kappa shape index (κ1) is 21.5. The summed E-state index contributed by atoms with van der Waals surface area (Å²) in [6, 6.07) is 7.11. The molecule has 3 rings (SSSR count). The number of carboxylic acid groups (broad SMARTS) is 1. The fourth-order valence-electron chi connectivity index (χ4n) is 5.36. The van der Waals surface area contributed by atoms with Crippen LogP contribution in [0.4, 0.5) is 0 Å². The van der Waals surface area contributed by atoms with E-state index in [0.717, 1.165) is 49.7 Å². The zero-order valence-corrected chi connectivity index (χ0v) is 16.9. The van der Waals surface area contributed by atoms with Gasteiger partial charge in [-0.25, -0.2) is 5.48 Å². The highest BCUT2D eigenvalue weighted by Gasteiger charge is 2.49. The van der Waals surface area contributed by atoms with Crippen LogP contribution < -0.4 is 10.8 Å². The summed E-state index contributed by atoms with van der Waals surface area (Å²) < 4.78 is 0. The van der Waals surface area contributed by atoms with Crippen LogP contribution in [0, 0.1) is 11.3 Å². The van der Waals surface area contributed by atoms with E-state index in [4.69, 9.17) is 5.21 Å². The van der Waals surface area contributed by atoms with E-state index >= 15 is 0 Å². The first-order valence-electron chi connectivity index (χ1n) is 10.7. The number of carbonyl (C=O) groups is 2. The SMILES string of the molecule is O=C(C=Cc1ccc(CN[C@@H](C(=O)O)C2(C3CCCC3)CCCCC2)cc1)NO. The Bertz CT molecular complexity index is 717. The van der Waals surface area contributed by atoms with Crippen LogP contribution >= 0.6 is 0 Å². The average Bonchev–Trinajstić information content (AvgIpc) is 3.29. The molecule has 0 radical (unpaired) electrons. The van der Waals surface area contributed by atoms with Crippen LogP contribution in [0.1, 0.15) is 68.9 Å². The molecule has 158 valence electrons. The van der Waals surface area contributed by atoms with Crippen molar-refractivity contribution in [1.82, 2.24) is 10.8 Å². The Balaban J connectivity index is 1.69. The highest BCUT2D eigenvalue weighted by molar-refractivity contribution is 5.90. The second kappa shape index (κ2) is 10.0. The maximum absolute atomic E-state index is 12.3. The van der Waals surface area contributed by atoms with Gasteiger partial charge in [-0.05, 0) is 54.2 Å². The third kappa shape index (κ3) is 5.25. The monoisotopic (exact) mass is 400 g/mol. The fraction of sp³-hybridized carbons (Fsp3) is 0.565. The zero-order chi connectivity index (χ0) is 20.7. The molecule has 29 heavy (non-hydrogen) atoms. The molecule has 2 aliphatic rings. The summed E-state index contributed by atoms with van der Waals surface area (Å²) in [5, 5.41) is 22.0. The van der Waals surface area contributed by atoms with Crippen molar-refractivity contribution in [2.24, 2.45) is 11.3 Å². The third-order valence-electron chi connectivity index (χ3n) is 6.80. The maximum atomic E-state index is 12.3. The van der Waals surface area contributed by atoms with Gasteiger partial charge in [0, 0.05) is 12.6 Å². The first-order valence-corrected chi connectivity index (χ1v) is 10.7. The molecular weight excluding hydrogens is 368 g/mol. The summed E-state index contributed by atoms with van der Waals surface area (Å²) in [5.41, 5.74) is 3.28. The average molecular weight is 401 g/mol. The predicted octanol–water partition coefficient (Wildman–Crippen LogP) is 3.89. The number of benzene rings is 1. The van der Waals surface area contributed by atoms with Crippen LogP contribution in [0.2, 0.25) is 0 Å². The molecule has 0 saturated heterocycles. The van der Waals surface area contributed by atoms with Gasteiger partial charge in [0.1, 0.15) is 6.04 Å². The summed E-state index contributed by atoms with van der Waals surface area (Å²) in [5.74, 6) is -0.792. The van der Waals surface area contributed by atoms with E-state index in [0.29, 0.717) is 12.5 Å². The quantitative estimate of drug-likeness (QED) is 0.301. The molecule has 6 heteroatoms. The Kier molecular flexibility index (Phi) is 7.45. The van der Waals surface area contributed by atoms with Gasteiger partial charge in [-0.3, -0.25) is 20.1 Å². The number of nitrogens with one attached hydrogen (secondary N) is 2. The van der Waals surface area contributed by atoms with Crippen molar-refractivity contribution in [3.8, 4) is 0 Å². The zero-order valence-electron chi connectivity index (χ0n) is 16.9. The summed E-state index contributed by atoms with van der Waals surface area (Å²) >= 11 is 0. The number of hydroxylamine groups is 1. The lowest BCUT2D eigenvalue weighted by Gasteiger charge is -2.46. The lowest BCUT2D eigenvalue weighted by molar-refractivity contribution is -0.146. The third-order valence-corrected chi connectivity index (χ3v) is 6.80. The molecule has 4 N–H and O–H groups in total. The smallest absolute Gasteiger partial charge is 0.321 e. The molecule has 2 saturated carbocycles. The van der Waals surface area contributed by atoms with Crippen LogP contribution in [0.15, 0.2) is 30.3 Å². The van der Waals surface area contributed by atoms with Gasteiger partial charge in [0.15, 0.2) is 0 Å². The minimum atomic E-state index is -0.728. The van der Waals surface area contributed by atoms with Crippen molar-refractivity contribution in [2.75, 3.05) is 0 Å². The number of aliphatic carboxylic acids is 1. The fourth-order valence-corrected chi connectivity index (χ4v) is 5.36. The molecule has 2 aliphatic carbocycles. The Labute approximate surface area is 172 Å². The van der Waals surface area contributed by atoms with Crippen molar-refractivity contribution < 1.29 is 19.9 Å². The second-order valence-corrected chi connectivity index (χ2v) is 8.48. The molecule has 1 atom stereocenters. The lowest BCUT2D eigenvalue weighted by Crippen LogP contribution is -2.54. The lowest BCUT2D eigenvalue weighted by atomic mass is 9.61. The molecule has 0 aliphatic heterocycles. The van der Waals surface area contributed by atoms with E-state index in [1.54, 1.807) is 11.6 Å². The van der Waals surface area contributed by atoms with Crippen molar-refractivity contribution in [2.45, 2.75) is 70.4 Å². The Morgan fingerprint density at radius 1 is 1.07 bits per heavy atom. The van der Waals surface area contributed by atoms with E-state index < -0.39 is 17.9 Å². The van der Waals surface area contributed by atoms with Crippen LogP contribution in [-0.4, -0.2) is 28.2 Å². The van der Waals surface area contributed by atoms with Crippen molar-refractivity contribution in [1.29, 1.82) is 0 Å². The Morgan fingerprint density at radius 2 is 1.72 bits per heavy atom. The van der Waals surface area contributed by atoms with Gasteiger partial charge >= 0.3 is 5.97 Å². The van der Waals surface area contributed by atoms with Crippen LogP contribution in [0.5, 0.6) is 0 Å². The van der Waals surface area contributed by atoms with Crippen molar-refractivity contribution in [3.05, 3.63) is 41.5 Å². The predicted molar refractivity (Wildman–Crippen MR) is 111 cm³/mol. The molecule has 0 unspecified atom stereocenters. The van der Waals surface area contributed by atoms with E-state index in [9.17, 15) is 14.7 Å². The molecular formula is C23H32N2O4. The van der Waals surface area contributed by atoms with Gasteiger partial charge < -0.3 is 5.11 Å². The molecule has 1 amide bonds. The van der Waals surface area contributed by atoms with Gasteiger partial charge in [-0.15, -0.1) is 0 Å². The summed E-state index contributed by atoms with van der Waals surface area (Å²) in [6.07, 6.45) is 13.1. The van der Waals surface area contributed by atoms with Crippen molar-refractivity contribution in [3.63, 3.8) is 0 Å². The van der Waals surface area contributed by atoms with Gasteiger partial charge in [-0.2, -0.15) is 0 Å². The summed E-state index contributed by atoms with van der Waals surface area (Å²) in [6.45, 7) is 0.507.